The number of carbonyl (C=O) groups is 2. The number of rotatable bonds is 10. The summed E-state index contributed by atoms with van der Waals surface area (Å²) in [5.41, 5.74) is 3.01. The molecular weight excluding hydrogens is 586 g/mol. The van der Waals surface area contributed by atoms with Crippen LogP contribution < -0.4 is 21.5 Å². The molecule has 4 aromatic rings. The van der Waals surface area contributed by atoms with E-state index in [0.29, 0.717) is 51.1 Å². The van der Waals surface area contributed by atoms with Crippen molar-refractivity contribution >= 4 is 35.4 Å². The number of amides is 2. The molecule has 2 aromatic carbocycles. The van der Waals surface area contributed by atoms with Gasteiger partial charge in [0, 0.05) is 22.3 Å². The minimum absolute atomic E-state index is 0.337. The van der Waals surface area contributed by atoms with Crippen molar-refractivity contribution < 1.29 is 14.3 Å². The summed E-state index contributed by atoms with van der Waals surface area (Å²) in [6.07, 6.45) is 7.59. The number of nitrogens with one attached hydrogen (secondary N) is 4. The molecule has 0 aliphatic carbocycles. The fourth-order valence-corrected chi connectivity index (χ4v) is 5.29. The van der Waals surface area contributed by atoms with Gasteiger partial charge in [-0.05, 0) is 103 Å². The zero-order chi connectivity index (χ0) is 30.9. The quantitative estimate of drug-likeness (QED) is 0.193. The van der Waals surface area contributed by atoms with Crippen LogP contribution in [0.4, 0.5) is 10.5 Å². The van der Waals surface area contributed by atoms with Crippen molar-refractivity contribution in [2.45, 2.75) is 31.7 Å². The van der Waals surface area contributed by atoms with E-state index < -0.39 is 12.1 Å². The van der Waals surface area contributed by atoms with Crippen LogP contribution in [-0.4, -0.2) is 62.6 Å². The standard InChI is InChI=1S/C30H32ClN9O4/c1-44-30(43)34-23-7-3-20(4-8-23)24-17-26(36-37-29(24)42)25(9-2-19-12-14-32-15-13-19)35-28(41)11-5-21-16-22(31)6-10-27(21)40-18-33-38-39-40/h3-8,10-11,16-19,25,32H,2,9,12-15H2,1H3,(H,34,43)(H,35,41)(H,37,42)/t25-/m0/s1. The number of nitrogens with zero attached hydrogens (tertiary/aromatic N) is 5. The van der Waals surface area contributed by atoms with Gasteiger partial charge in [-0.25, -0.2) is 9.89 Å². The summed E-state index contributed by atoms with van der Waals surface area (Å²) < 4.78 is 6.11. The van der Waals surface area contributed by atoms with E-state index in [0.717, 1.165) is 32.4 Å². The molecule has 2 aromatic heterocycles. The molecule has 0 saturated carbocycles. The second kappa shape index (κ2) is 14.5. The van der Waals surface area contributed by atoms with Gasteiger partial charge in [0.1, 0.15) is 6.33 Å². The summed E-state index contributed by atoms with van der Waals surface area (Å²) in [6.45, 7) is 1.94. The number of methoxy groups -OCH3 is 1. The highest BCUT2D eigenvalue weighted by Gasteiger charge is 2.21. The molecule has 3 heterocycles. The topological polar surface area (TPSA) is 169 Å². The zero-order valence-corrected chi connectivity index (χ0v) is 24.8. The first-order valence-electron chi connectivity index (χ1n) is 14.2. The summed E-state index contributed by atoms with van der Waals surface area (Å²) in [7, 11) is 1.28. The van der Waals surface area contributed by atoms with Crippen LogP contribution in [0.3, 0.4) is 0 Å². The predicted octanol–water partition coefficient (Wildman–Crippen LogP) is 3.89. The van der Waals surface area contributed by atoms with Gasteiger partial charge in [0.25, 0.3) is 5.56 Å². The van der Waals surface area contributed by atoms with Gasteiger partial charge in [0.05, 0.1) is 30.1 Å². The molecule has 1 atom stereocenters. The van der Waals surface area contributed by atoms with Gasteiger partial charge in [-0.2, -0.15) is 9.78 Å². The van der Waals surface area contributed by atoms with Crippen molar-refractivity contribution in [2.75, 3.05) is 25.5 Å². The first kappa shape index (κ1) is 30.6. The van der Waals surface area contributed by atoms with Crippen molar-refractivity contribution in [1.82, 2.24) is 41.0 Å². The predicted molar refractivity (Wildman–Crippen MR) is 165 cm³/mol. The van der Waals surface area contributed by atoms with Crippen LogP contribution in [0, 0.1) is 5.92 Å². The minimum atomic E-state index is -0.592. The number of halogens is 1. The monoisotopic (exact) mass is 617 g/mol. The first-order chi connectivity index (χ1) is 21.4. The molecule has 1 aliphatic heterocycles. The number of carbonyl (C=O) groups excluding carboxylic acids is 2. The number of aromatic amines is 1. The van der Waals surface area contributed by atoms with Crippen LogP contribution in [0.2, 0.25) is 5.02 Å². The third-order valence-electron chi connectivity index (χ3n) is 7.45. The average Bonchev–Trinajstić information content (AvgIpc) is 3.58. The summed E-state index contributed by atoms with van der Waals surface area (Å²) in [5.74, 6) is 0.185. The third kappa shape index (κ3) is 7.94. The van der Waals surface area contributed by atoms with Gasteiger partial charge >= 0.3 is 6.09 Å². The fraction of sp³-hybridized carbons (Fsp3) is 0.300. The van der Waals surface area contributed by atoms with Gasteiger partial charge in [-0.1, -0.05) is 23.7 Å². The molecule has 5 rings (SSSR count). The number of anilines is 1. The molecule has 0 radical (unpaired) electrons. The number of H-pyrrole nitrogens is 1. The Kier molecular flexibility index (Phi) is 10.1. The van der Waals surface area contributed by atoms with E-state index >= 15 is 0 Å². The molecule has 0 bridgehead atoms. The molecule has 2 amide bonds. The maximum atomic E-state index is 13.3. The number of hydrogen-bond donors (Lipinski definition) is 4. The lowest BCUT2D eigenvalue weighted by atomic mass is 9.90. The second-order valence-electron chi connectivity index (χ2n) is 10.4. The zero-order valence-electron chi connectivity index (χ0n) is 24.0. The summed E-state index contributed by atoms with van der Waals surface area (Å²) >= 11 is 6.23. The number of benzene rings is 2. The van der Waals surface area contributed by atoms with Crippen molar-refractivity contribution in [3.63, 3.8) is 0 Å². The second-order valence-corrected chi connectivity index (χ2v) is 10.8. The molecule has 1 fully saturated rings. The van der Waals surface area contributed by atoms with E-state index in [1.54, 1.807) is 54.6 Å². The highest BCUT2D eigenvalue weighted by molar-refractivity contribution is 6.30. The van der Waals surface area contributed by atoms with Crippen LogP contribution in [0.1, 0.15) is 43.0 Å². The number of hydrogen-bond acceptors (Lipinski definition) is 9. The third-order valence-corrected chi connectivity index (χ3v) is 7.68. The molecule has 0 spiro atoms. The first-order valence-corrected chi connectivity index (χ1v) is 14.5. The van der Waals surface area contributed by atoms with E-state index in [1.807, 2.05) is 0 Å². The van der Waals surface area contributed by atoms with Crippen molar-refractivity contribution in [2.24, 2.45) is 5.92 Å². The number of piperidine rings is 1. The lowest BCUT2D eigenvalue weighted by Gasteiger charge is -2.25. The van der Waals surface area contributed by atoms with E-state index in [4.69, 9.17) is 11.6 Å². The average molecular weight is 618 g/mol. The lowest BCUT2D eigenvalue weighted by molar-refractivity contribution is -0.117. The van der Waals surface area contributed by atoms with Crippen molar-refractivity contribution in [3.8, 4) is 16.8 Å². The van der Waals surface area contributed by atoms with Crippen LogP contribution in [0.25, 0.3) is 22.9 Å². The highest BCUT2D eigenvalue weighted by Crippen LogP contribution is 2.27. The van der Waals surface area contributed by atoms with Gasteiger partial charge in [0.15, 0.2) is 0 Å². The molecule has 13 nitrogen and oxygen atoms in total. The molecule has 0 unspecified atom stereocenters. The number of aromatic nitrogens is 6. The van der Waals surface area contributed by atoms with Crippen LogP contribution in [-0.2, 0) is 9.53 Å². The highest BCUT2D eigenvalue weighted by atomic mass is 35.5. The Hall–Kier alpha value is -4.88. The van der Waals surface area contributed by atoms with Crippen LogP contribution in [0.15, 0.2) is 65.7 Å². The van der Waals surface area contributed by atoms with Gasteiger partial charge in [-0.3, -0.25) is 14.9 Å². The maximum Gasteiger partial charge on any atom is 0.411 e. The lowest BCUT2D eigenvalue weighted by Crippen LogP contribution is -2.31. The molecule has 14 heteroatoms. The molecule has 1 aliphatic rings. The minimum Gasteiger partial charge on any atom is -0.453 e. The fourth-order valence-electron chi connectivity index (χ4n) is 5.11. The van der Waals surface area contributed by atoms with E-state index in [2.05, 4.69) is 46.4 Å². The van der Waals surface area contributed by atoms with Gasteiger partial charge < -0.3 is 15.4 Å². The normalized spacial score (nSPS) is 14.3. The van der Waals surface area contributed by atoms with E-state index in [9.17, 15) is 14.4 Å². The Morgan fingerprint density at radius 2 is 1.95 bits per heavy atom. The summed E-state index contributed by atoms with van der Waals surface area (Å²) in [4.78, 5) is 37.6. The maximum absolute atomic E-state index is 13.3. The Morgan fingerprint density at radius 3 is 2.68 bits per heavy atom. The van der Waals surface area contributed by atoms with Crippen molar-refractivity contribution in [1.29, 1.82) is 0 Å². The number of ether oxygens (including phenoxy) is 1. The molecule has 228 valence electrons. The van der Waals surface area contributed by atoms with Crippen LogP contribution >= 0.6 is 11.6 Å². The SMILES string of the molecule is COC(=O)Nc1ccc(-c2cc([C@H](CCC3CCNCC3)NC(=O)C=Cc3cc(Cl)ccc3-n3cnnn3)n[nH]c2=O)cc1. The Labute approximate surface area is 258 Å². The van der Waals surface area contributed by atoms with Crippen molar-refractivity contribution in [3.05, 3.63) is 87.6 Å². The van der Waals surface area contributed by atoms with E-state index in [-0.39, 0.29) is 11.5 Å². The van der Waals surface area contributed by atoms with Gasteiger partial charge in [0.2, 0.25) is 5.91 Å². The van der Waals surface area contributed by atoms with E-state index in [1.165, 1.54) is 24.2 Å². The largest absolute Gasteiger partial charge is 0.453 e. The number of tetrazole rings is 1. The molecule has 44 heavy (non-hydrogen) atoms. The Balaban J connectivity index is 1.38. The molecule has 1 saturated heterocycles. The van der Waals surface area contributed by atoms with Gasteiger partial charge in [-0.15, -0.1) is 5.10 Å². The summed E-state index contributed by atoms with van der Waals surface area (Å²) in [5, 5.41) is 27.8. The smallest absolute Gasteiger partial charge is 0.411 e. The molecule has 4 N–H and O–H groups in total. The Morgan fingerprint density at radius 1 is 1.16 bits per heavy atom. The Bertz CT molecular complexity index is 1670. The van der Waals surface area contributed by atoms with Crippen LogP contribution in [0.5, 0.6) is 0 Å². The summed E-state index contributed by atoms with van der Waals surface area (Å²) in [6, 6.07) is 13.2. The molecular formula is C30H32ClN9O4.